The third-order valence-electron chi connectivity index (χ3n) is 5.98. The van der Waals surface area contributed by atoms with Gasteiger partial charge >= 0.3 is 0 Å². The SMILES string of the molecule is COCCN(CC(=O)N(CCc1ccc(OC)c(OC)c1)Cc1ccco1)C(=O)COCc1ccccc1. The Morgan fingerprint density at radius 3 is 2.29 bits per heavy atom. The standard InChI is InChI=1S/C29H36N2O7/c1-34-17-15-31(29(33)22-37-21-24-8-5-4-6-9-24)20-28(32)30(19-25-10-7-16-38-25)14-13-23-11-12-26(35-2)27(18-23)36-3/h4-12,16,18H,13-15,17,19-22H2,1-3H3. The maximum absolute atomic E-state index is 13.5. The van der Waals surface area contributed by atoms with E-state index < -0.39 is 0 Å². The number of amides is 2. The van der Waals surface area contributed by atoms with Crippen LogP contribution in [0, 0.1) is 0 Å². The Kier molecular flexibility index (Phi) is 11.7. The van der Waals surface area contributed by atoms with Crippen molar-refractivity contribution in [1.29, 1.82) is 0 Å². The van der Waals surface area contributed by atoms with Crippen LogP contribution in [0.4, 0.5) is 0 Å². The molecule has 9 heteroatoms. The molecule has 0 bridgehead atoms. The van der Waals surface area contributed by atoms with Crippen LogP contribution in [0.15, 0.2) is 71.3 Å². The maximum Gasteiger partial charge on any atom is 0.249 e. The monoisotopic (exact) mass is 524 g/mol. The van der Waals surface area contributed by atoms with Gasteiger partial charge < -0.3 is 33.2 Å². The molecule has 0 saturated carbocycles. The van der Waals surface area contributed by atoms with Crippen LogP contribution in [0.5, 0.6) is 11.5 Å². The highest BCUT2D eigenvalue weighted by Gasteiger charge is 2.22. The average molecular weight is 525 g/mol. The molecule has 0 aliphatic rings. The Morgan fingerprint density at radius 1 is 0.816 bits per heavy atom. The Labute approximate surface area is 223 Å². The molecular weight excluding hydrogens is 488 g/mol. The molecule has 2 aromatic carbocycles. The van der Waals surface area contributed by atoms with Crippen molar-refractivity contribution in [2.24, 2.45) is 0 Å². The fourth-order valence-corrected chi connectivity index (χ4v) is 3.86. The first kappa shape index (κ1) is 28.7. The number of hydrogen-bond donors (Lipinski definition) is 0. The summed E-state index contributed by atoms with van der Waals surface area (Å²) < 4.78 is 27.0. The van der Waals surface area contributed by atoms with Gasteiger partial charge in [0, 0.05) is 20.2 Å². The molecule has 204 valence electrons. The topological polar surface area (TPSA) is 90.7 Å². The lowest BCUT2D eigenvalue weighted by Crippen LogP contribution is -2.45. The third kappa shape index (κ3) is 8.93. The van der Waals surface area contributed by atoms with Crippen molar-refractivity contribution < 1.29 is 33.0 Å². The van der Waals surface area contributed by atoms with Crippen molar-refractivity contribution in [2.45, 2.75) is 19.6 Å². The van der Waals surface area contributed by atoms with E-state index in [4.69, 9.17) is 23.4 Å². The van der Waals surface area contributed by atoms with Crippen molar-refractivity contribution >= 4 is 11.8 Å². The minimum Gasteiger partial charge on any atom is -0.493 e. The zero-order valence-electron chi connectivity index (χ0n) is 22.3. The normalized spacial score (nSPS) is 10.7. The molecule has 0 saturated heterocycles. The quantitative estimate of drug-likeness (QED) is 0.283. The van der Waals surface area contributed by atoms with Gasteiger partial charge in [0.15, 0.2) is 11.5 Å². The lowest BCUT2D eigenvalue weighted by molar-refractivity contribution is -0.144. The van der Waals surface area contributed by atoms with E-state index in [1.54, 1.807) is 38.6 Å². The molecule has 0 radical (unpaired) electrons. The van der Waals surface area contributed by atoms with Crippen molar-refractivity contribution in [2.75, 3.05) is 54.2 Å². The van der Waals surface area contributed by atoms with Crippen LogP contribution in [0.25, 0.3) is 0 Å². The lowest BCUT2D eigenvalue weighted by atomic mass is 10.1. The van der Waals surface area contributed by atoms with E-state index >= 15 is 0 Å². The number of nitrogens with zero attached hydrogens (tertiary/aromatic N) is 2. The first-order valence-electron chi connectivity index (χ1n) is 12.4. The van der Waals surface area contributed by atoms with Gasteiger partial charge in [0.2, 0.25) is 11.8 Å². The molecule has 0 N–H and O–H groups in total. The molecule has 1 aromatic heterocycles. The minimum atomic E-state index is -0.274. The van der Waals surface area contributed by atoms with E-state index in [1.807, 2.05) is 54.6 Å². The van der Waals surface area contributed by atoms with E-state index in [-0.39, 0.29) is 38.1 Å². The van der Waals surface area contributed by atoms with Gasteiger partial charge in [-0.05, 0) is 41.8 Å². The Balaban J connectivity index is 1.65. The van der Waals surface area contributed by atoms with Gasteiger partial charge in [0.1, 0.15) is 12.4 Å². The second kappa shape index (κ2) is 15.4. The Morgan fingerprint density at radius 2 is 1.61 bits per heavy atom. The molecule has 3 rings (SSSR count). The van der Waals surface area contributed by atoms with Crippen LogP contribution in [-0.2, 0) is 38.6 Å². The predicted molar refractivity (Wildman–Crippen MR) is 142 cm³/mol. The molecule has 3 aromatic rings. The summed E-state index contributed by atoms with van der Waals surface area (Å²) in [5.74, 6) is 1.45. The Hall–Kier alpha value is -3.82. The highest BCUT2D eigenvalue weighted by atomic mass is 16.5. The van der Waals surface area contributed by atoms with E-state index in [0.717, 1.165) is 11.1 Å². The molecular formula is C29H36N2O7. The maximum atomic E-state index is 13.5. The van der Waals surface area contributed by atoms with Gasteiger partial charge in [-0.1, -0.05) is 36.4 Å². The zero-order chi connectivity index (χ0) is 27.2. The van der Waals surface area contributed by atoms with E-state index in [0.29, 0.717) is 43.4 Å². The summed E-state index contributed by atoms with van der Waals surface area (Å²) in [7, 11) is 4.73. The van der Waals surface area contributed by atoms with Crippen molar-refractivity contribution in [1.82, 2.24) is 9.80 Å². The molecule has 0 unspecified atom stereocenters. The van der Waals surface area contributed by atoms with Gasteiger partial charge in [-0.2, -0.15) is 0 Å². The van der Waals surface area contributed by atoms with Crippen LogP contribution in [0.3, 0.4) is 0 Å². The molecule has 0 aliphatic heterocycles. The molecule has 38 heavy (non-hydrogen) atoms. The highest BCUT2D eigenvalue weighted by Crippen LogP contribution is 2.27. The fraction of sp³-hybridized carbons (Fsp3) is 0.379. The molecule has 2 amide bonds. The molecule has 9 nitrogen and oxygen atoms in total. The van der Waals surface area contributed by atoms with Gasteiger partial charge in [-0.15, -0.1) is 0 Å². The van der Waals surface area contributed by atoms with Gasteiger partial charge in [-0.25, -0.2) is 0 Å². The van der Waals surface area contributed by atoms with E-state index in [2.05, 4.69) is 0 Å². The number of hydrogen-bond acceptors (Lipinski definition) is 7. The van der Waals surface area contributed by atoms with Crippen molar-refractivity contribution in [3.05, 3.63) is 83.8 Å². The summed E-state index contributed by atoms with van der Waals surface area (Å²) in [5, 5.41) is 0. The number of methoxy groups -OCH3 is 3. The highest BCUT2D eigenvalue weighted by molar-refractivity contribution is 5.85. The number of benzene rings is 2. The molecule has 0 aliphatic carbocycles. The minimum absolute atomic E-state index is 0.0937. The largest absolute Gasteiger partial charge is 0.493 e. The first-order chi connectivity index (χ1) is 18.5. The number of carbonyl (C=O) groups excluding carboxylic acids is 2. The van der Waals surface area contributed by atoms with Crippen LogP contribution in [-0.4, -0.2) is 75.8 Å². The van der Waals surface area contributed by atoms with Crippen molar-refractivity contribution in [3.63, 3.8) is 0 Å². The predicted octanol–water partition coefficient (Wildman–Crippen LogP) is 3.56. The summed E-state index contributed by atoms with van der Waals surface area (Å²) in [6.07, 6.45) is 2.16. The third-order valence-corrected chi connectivity index (χ3v) is 5.98. The average Bonchev–Trinajstić information content (AvgIpc) is 3.46. The summed E-state index contributed by atoms with van der Waals surface area (Å²) in [6, 6.07) is 18.9. The molecule has 1 heterocycles. The number of furan rings is 1. The van der Waals surface area contributed by atoms with Gasteiger partial charge in [-0.3, -0.25) is 9.59 Å². The summed E-state index contributed by atoms with van der Waals surface area (Å²) in [6.45, 7) is 1.39. The second-order valence-corrected chi connectivity index (χ2v) is 8.62. The van der Waals surface area contributed by atoms with Crippen LogP contribution in [0.2, 0.25) is 0 Å². The summed E-state index contributed by atoms with van der Waals surface area (Å²) in [5.41, 5.74) is 1.96. The number of carbonyl (C=O) groups is 2. The van der Waals surface area contributed by atoms with Crippen LogP contribution < -0.4 is 9.47 Å². The van der Waals surface area contributed by atoms with Crippen LogP contribution >= 0.6 is 0 Å². The first-order valence-corrected chi connectivity index (χ1v) is 12.4. The zero-order valence-corrected chi connectivity index (χ0v) is 22.3. The van der Waals surface area contributed by atoms with Gasteiger partial charge in [0.25, 0.3) is 0 Å². The fourth-order valence-electron chi connectivity index (χ4n) is 3.86. The Bertz CT molecular complexity index is 1120. The lowest BCUT2D eigenvalue weighted by Gasteiger charge is -2.27. The smallest absolute Gasteiger partial charge is 0.249 e. The summed E-state index contributed by atoms with van der Waals surface area (Å²) in [4.78, 5) is 29.6. The molecule has 0 spiro atoms. The van der Waals surface area contributed by atoms with Gasteiger partial charge in [0.05, 0.1) is 46.8 Å². The molecule has 0 fully saturated rings. The van der Waals surface area contributed by atoms with E-state index in [1.165, 1.54) is 4.90 Å². The number of rotatable bonds is 16. The van der Waals surface area contributed by atoms with Crippen LogP contribution in [0.1, 0.15) is 16.9 Å². The molecule has 0 atom stereocenters. The van der Waals surface area contributed by atoms with Crippen molar-refractivity contribution in [3.8, 4) is 11.5 Å². The van der Waals surface area contributed by atoms with E-state index in [9.17, 15) is 9.59 Å². The number of ether oxygens (including phenoxy) is 4. The second-order valence-electron chi connectivity index (χ2n) is 8.62. The summed E-state index contributed by atoms with van der Waals surface area (Å²) >= 11 is 0.